The highest BCUT2D eigenvalue weighted by molar-refractivity contribution is 14.0. The molecule has 2 rings (SSSR count). The summed E-state index contributed by atoms with van der Waals surface area (Å²) in [5.74, 6) is 0.992. The molecule has 1 fully saturated rings. The van der Waals surface area contributed by atoms with E-state index in [0.29, 0.717) is 5.41 Å². The average molecular weight is 436 g/mol. The lowest BCUT2D eigenvalue weighted by Crippen LogP contribution is -2.40. The zero-order valence-corrected chi connectivity index (χ0v) is 17.7. The second kappa shape index (κ2) is 7.47. The van der Waals surface area contributed by atoms with Gasteiger partial charge in [0.25, 0.3) is 0 Å². The second-order valence-electron chi connectivity index (χ2n) is 7.63. The van der Waals surface area contributed by atoms with E-state index >= 15 is 0 Å². The fourth-order valence-corrected chi connectivity index (χ4v) is 3.43. The molecular weight excluding hydrogens is 407 g/mol. The monoisotopic (exact) mass is 436 g/mol. The van der Waals surface area contributed by atoms with E-state index in [2.05, 4.69) is 55.2 Å². The van der Waals surface area contributed by atoms with Gasteiger partial charge in [-0.25, -0.2) is 4.98 Å². The van der Waals surface area contributed by atoms with Gasteiger partial charge in [0, 0.05) is 30.9 Å². The van der Waals surface area contributed by atoms with Crippen molar-refractivity contribution in [1.29, 1.82) is 0 Å². The van der Waals surface area contributed by atoms with E-state index in [1.807, 2.05) is 7.05 Å². The molecular formula is C16H29IN4S. The van der Waals surface area contributed by atoms with Crippen LogP contribution in [0.4, 0.5) is 0 Å². The molecule has 0 unspecified atom stereocenters. The maximum absolute atomic E-state index is 4.73. The lowest BCUT2D eigenvalue weighted by molar-refractivity contribution is 0.370. The molecule has 126 valence electrons. The summed E-state index contributed by atoms with van der Waals surface area (Å²) in [6, 6.07) is 0. The number of nitrogens with one attached hydrogen (secondary N) is 1. The quantitative estimate of drug-likeness (QED) is 0.435. The van der Waals surface area contributed by atoms with Crippen molar-refractivity contribution in [2.24, 2.45) is 10.4 Å². The standard InChI is InChI=1S/C16H28N4S.HI/c1-15(2,3)13-19-12(10-21-13)9-18-14(17-6)20-8-7-16(4,5)11-20;/h10H,7-9,11H2,1-6H3,(H,17,18);1H. The lowest BCUT2D eigenvalue weighted by Gasteiger charge is -2.23. The first kappa shape index (κ1) is 19.7. The second-order valence-corrected chi connectivity index (χ2v) is 8.49. The molecule has 0 atom stereocenters. The molecule has 0 bridgehead atoms. The summed E-state index contributed by atoms with van der Waals surface area (Å²) in [4.78, 5) is 11.5. The van der Waals surface area contributed by atoms with E-state index in [9.17, 15) is 0 Å². The maximum atomic E-state index is 4.73. The van der Waals surface area contributed by atoms with Crippen LogP contribution in [0.15, 0.2) is 10.4 Å². The summed E-state index contributed by atoms with van der Waals surface area (Å²) >= 11 is 1.74. The largest absolute Gasteiger partial charge is 0.351 e. The van der Waals surface area contributed by atoms with Gasteiger partial charge in [-0.05, 0) is 11.8 Å². The van der Waals surface area contributed by atoms with Crippen molar-refractivity contribution >= 4 is 41.3 Å². The minimum Gasteiger partial charge on any atom is -0.351 e. The number of halogens is 1. The van der Waals surface area contributed by atoms with Crippen LogP contribution in [-0.2, 0) is 12.0 Å². The van der Waals surface area contributed by atoms with Crippen LogP contribution in [-0.4, -0.2) is 36.0 Å². The molecule has 22 heavy (non-hydrogen) atoms. The summed E-state index contributed by atoms with van der Waals surface area (Å²) in [6.45, 7) is 14.1. The fraction of sp³-hybridized carbons (Fsp3) is 0.750. The van der Waals surface area contributed by atoms with Crippen molar-refractivity contribution < 1.29 is 0 Å². The SMILES string of the molecule is CN=C(NCc1csc(C(C)(C)C)n1)N1CCC(C)(C)C1.I. The zero-order chi connectivity index (χ0) is 15.7. The predicted octanol–water partition coefficient (Wildman–Crippen LogP) is 3.87. The number of likely N-dealkylation sites (tertiary alicyclic amines) is 1. The summed E-state index contributed by atoms with van der Waals surface area (Å²) in [5.41, 5.74) is 1.62. The Balaban J connectivity index is 0.00000242. The normalized spacial score (nSPS) is 18.3. The Bertz CT molecular complexity index is 516. The molecule has 1 aliphatic rings. The topological polar surface area (TPSA) is 40.5 Å². The van der Waals surface area contributed by atoms with E-state index in [-0.39, 0.29) is 29.4 Å². The molecule has 1 aromatic heterocycles. The van der Waals surface area contributed by atoms with Crippen LogP contribution in [0, 0.1) is 5.41 Å². The van der Waals surface area contributed by atoms with Gasteiger partial charge < -0.3 is 10.2 Å². The Morgan fingerprint density at radius 1 is 1.45 bits per heavy atom. The highest BCUT2D eigenvalue weighted by Gasteiger charge is 2.30. The number of nitrogens with zero attached hydrogens (tertiary/aromatic N) is 3. The minimum atomic E-state index is 0. The number of aliphatic imine (C=N–C) groups is 1. The van der Waals surface area contributed by atoms with Crippen LogP contribution in [0.3, 0.4) is 0 Å². The molecule has 0 aromatic carbocycles. The molecule has 0 aliphatic carbocycles. The molecule has 1 saturated heterocycles. The Labute approximate surface area is 155 Å². The van der Waals surface area contributed by atoms with E-state index in [1.165, 1.54) is 11.4 Å². The maximum Gasteiger partial charge on any atom is 0.193 e. The van der Waals surface area contributed by atoms with E-state index in [0.717, 1.165) is 31.3 Å². The number of guanidine groups is 1. The van der Waals surface area contributed by atoms with Crippen molar-refractivity contribution in [3.63, 3.8) is 0 Å². The number of aromatic nitrogens is 1. The fourth-order valence-electron chi connectivity index (χ4n) is 2.53. The first-order valence-corrected chi connectivity index (χ1v) is 8.50. The van der Waals surface area contributed by atoms with Gasteiger partial charge in [-0.15, -0.1) is 35.3 Å². The van der Waals surface area contributed by atoms with Gasteiger partial charge in [0.15, 0.2) is 5.96 Å². The first-order valence-electron chi connectivity index (χ1n) is 7.62. The van der Waals surface area contributed by atoms with Crippen LogP contribution in [0.1, 0.15) is 51.7 Å². The van der Waals surface area contributed by atoms with E-state index in [1.54, 1.807) is 11.3 Å². The lowest BCUT2D eigenvalue weighted by atomic mass is 9.93. The van der Waals surface area contributed by atoms with Gasteiger partial charge in [-0.3, -0.25) is 4.99 Å². The van der Waals surface area contributed by atoms with Gasteiger partial charge in [0.1, 0.15) is 0 Å². The average Bonchev–Trinajstić information content (AvgIpc) is 2.96. The smallest absolute Gasteiger partial charge is 0.193 e. The van der Waals surface area contributed by atoms with E-state index < -0.39 is 0 Å². The Morgan fingerprint density at radius 3 is 2.59 bits per heavy atom. The number of thiazole rings is 1. The minimum absolute atomic E-state index is 0. The zero-order valence-electron chi connectivity index (χ0n) is 14.6. The molecule has 0 spiro atoms. The number of hydrogen-bond donors (Lipinski definition) is 1. The number of hydrogen-bond acceptors (Lipinski definition) is 3. The van der Waals surface area contributed by atoms with Crippen LogP contribution < -0.4 is 5.32 Å². The van der Waals surface area contributed by atoms with Crippen LogP contribution in [0.25, 0.3) is 0 Å². The van der Waals surface area contributed by atoms with Gasteiger partial charge >= 0.3 is 0 Å². The molecule has 4 nitrogen and oxygen atoms in total. The van der Waals surface area contributed by atoms with Crippen molar-refractivity contribution in [2.75, 3.05) is 20.1 Å². The third-order valence-electron chi connectivity index (χ3n) is 3.81. The number of rotatable bonds is 2. The third-order valence-corrected chi connectivity index (χ3v) is 5.13. The molecule has 0 radical (unpaired) electrons. The Kier molecular flexibility index (Phi) is 6.68. The third kappa shape index (κ3) is 5.08. The molecule has 1 N–H and O–H groups in total. The van der Waals surface area contributed by atoms with Crippen molar-refractivity contribution in [2.45, 2.75) is 53.0 Å². The van der Waals surface area contributed by atoms with E-state index in [4.69, 9.17) is 4.98 Å². The first-order chi connectivity index (χ1) is 9.71. The summed E-state index contributed by atoms with van der Waals surface area (Å²) in [5, 5.41) is 6.79. The highest BCUT2D eigenvalue weighted by Crippen LogP contribution is 2.29. The summed E-state index contributed by atoms with van der Waals surface area (Å²) < 4.78 is 0. The summed E-state index contributed by atoms with van der Waals surface area (Å²) in [6.07, 6.45) is 1.22. The molecule has 1 aliphatic heterocycles. The van der Waals surface area contributed by atoms with Gasteiger partial charge in [-0.1, -0.05) is 34.6 Å². The van der Waals surface area contributed by atoms with Crippen molar-refractivity contribution in [3.05, 3.63) is 16.1 Å². The predicted molar refractivity (Wildman–Crippen MR) is 106 cm³/mol. The van der Waals surface area contributed by atoms with Crippen LogP contribution in [0.2, 0.25) is 0 Å². The van der Waals surface area contributed by atoms with Crippen molar-refractivity contribution in [3.8, 4) is 0 Å². The highest BCUT2D eigenvalue weighted by atomic mass is 127. The molecule has 6 heteroatoms. The molecule has 2 heterocycles. The van der Waals surface area contributed by atoms with Gasteiger partial charge in [0.05, 0.1) is 17.2 Å². The molecule has 0 saturated carbocycles. The summed E-state index contributed by atoms with van der Waals surface area (Å²) in [7, 11) is 1.86. The van der Waals surface area contributed by atoms with Crippen LogP contribution >= 0.6 is 35.3 Å². The van der Waals surface area contributed by atoms with Crippen molar-refractivity contribution in [1.82, 2.24) is 15.2 Å². The molecule has 1 aromatic rings. The van der Waals surface area contributed by atoms with Gasteiger partial charge in [0.2, 0.25) is 0 Å². The Hall–Kier alpha value is -0.370. The van der Waals surface area contributed by atoms with Gasteiger partial charge in [-0.2, -0.15) is 0 Å². The Morgan fingerprint density at radius 2 is 2.14 bits per heavy atom. The van der Waals surface area contributed by atoms with Crippen LogP contribution in [0.5, 0.6) is 0 Å². The molecule has 0 amide bonds.